The minimum atomic E-state index is -0.660. The van der Waals surface area contributed by atoms with Gasteiger partial charge in [-0.2, -0.15) is 0 Å². The summed E-state index contributed by atoms with van der Waals surface area (Å²) in [5, 5.41) is 1.99. The Morgan fingerprint density at radius 2 is 2.67 bits per heavy atom. The molecule has 0 aliphatic carbocycles. The average molecular weight is 164 g/mol. The van der Waals surface area contributed by atoms with Crippen LogP contribution >= 0.6 is 19.0 Å². The standard InChI is InChI=1S/C5H9O2PS/c1-3-6-8-7-5(2)4-9-8/h4H,3H2,1-2H3. The first-order valence-electron chi connectivity index (χ1n) is 2.77. The second-order valence-electron chi connectivity index (χ2n) is 1.57. The van der Waals surface area contributed by atoms with Gasteiger partial charge >= 0.3 is 7.58 Å². The Morgan fingerprint density at radius 3 is 3.11 bits per heavy atom. The van der Waals surface area contributed by atoms with Crippen molar-refractivity contribution in [2.24, 2.45) is 0 Å². The average Bonchev–Trinajstić information content (AvgIpc) is 2.17. The molecule has 0 aromatic rings. The summed E-state index contributed by atoms with van der Waals surface area (Å²) in [7, 11) is -0.660. The Balaban J connectivity index is 2.21. The number of allylic oxidation sites excluding steroid dienone is 1. The van der Waals surface area contributed by atoms with E-state index in [1.165, 1.54) is 0 Å². The van der Waals surface area contributed by atoms with E-state index >= 15 is 0 Å². The highest BCUT2D eigenvalue weighted by Crippen LogP contribution is 2.58. The molecule has 1 aliphatic rings. The Bertz CT molecular complexity index is 126. The van der Waals surface area contributed by atoms with Gasteiger partial charge in [-0.3, -0.25) is 0 Å². The Kier molecular flexibility index (Phi) is 2.83. The summed E-state index contributed by atoms with van der Waals surface area (Å²) < 4.78 is 10.5. The Morgan fingerprint density at radius 1 is 1.89 bits per heavy atom. The normalized spacial score (nSPS) is 25.6. The van der Waals surface area contributed by atoms with E-state index in [0.717, 1.165) is 12.4 Å². The van der Waals surface area contributed by atoms with Crippen LogP contribution in [-0.2, 0) is 9.05 Å². The van der Waals surface area contributed by atoms with Gasteiger partial charge in [-0.05, 0) is 25.2 Å². The first kappa shape index (κ1) is 7.39. The summed E-state index contributed by atoms with van der Waals surface area (Å²) in [6, 6.07) is 0. The SMILES string of the molecule is CCOP1OC(C)=CS1. The maximum Gasteiger partial charge on any atom is 0.302 e. The Labute approximate surface area is 60.3 Å². The van der Waals surface area contributed by atoms with Gasteiger partial charge in [0.05, 0.1) is 6.61 Å². The first-order chi connectivity index (χ1) is 4.33. The zero-order valence-corrected chi connectivity index (χ0v) is 7.17. The van der Waals surface area contributed by atoms with Crippen molar-refractivity contribution in [1.29, 1.82) is 0 Å². The molecule has 0 radical (unpaired) electrons. The molecule has 1 heterocycles. The van der Waals surface area contributed by atoms with Crippen molar-refractivity contribution in [2.75, 3.05) is 6.61 Å². The minimum absolute atomic E-state index is 0.660. The summed E-state index contributed by atoms with van der Waals surface area (Å²) in [6.45, 7) is 4.65. The van der Waals surface area contributed by atoms with Crippen LogP contribution in [0.25, 0.3) is 0 Å². The topological polar surface area (TPSA) is 18.5 Å². The molecule has 0 aromatic heterocycles. The van der Waals surface area contributed by atoms with Gasteiger partial charge in [-0.1, -0.05) is 0 Å². The van der Waals surface area contributed by atoms with Gasteiger partial charge in [0.25, 0.3) is 0 Å². The first-order valence-corrected chi connectivity index (χ1v) is 5.43. The second-order valence-corrected chi connectivity index (χ2v) is 4.43. The summed E-state index contributed by atoms with van der Waals surface area (Å²) in [5.74, 6) is 0.972. The molecule has 0 saturated carbocycles. The van der Waals surface area contributed by atoms with Crippen molar-refractivity contribution in [2.45, 2.75) is 13.8 Å². The van der Waals surface area contributed by atoms with Crippen LogP contribution in [0, 0.1) is 0 Å². The highest BCUT2D eigenvalue weighted by molar-refractivity contribution is 8.54. The van der Waals surface area contributed by atoms with Gasteiger partial charge in [0, 0.05) is 5.41 Å². The highest BCUT2D eigenvalue weighted by atomic mass is 32.7. The van der Waals surface area contributed by atoms with Crippen LogP contribution in [0.1, 0.15) is 13.8 Å². The molecule has 52 valence electrons. The molecule has 0 N–H and O–H groups in total. The third-order valence-corrected chi connectivity index (χ3v) is 3.65. The molecule has 0 bridgehead atoms. The number of hydrogen-bond acceptors (Lipinski definition) is 3. The van der Waals surface area contributed by atoms with Gasteiger partial charge in [0.2, 0.25) is 0 Å². The maximum atomic E-state index is 5.27. The van der Waals surface area contributed by atoms with E-state index in [0.29, 0.717) is 0 Å². The largest absolute Gasteiger partial charge is 0.444 e. The summed E-state index contributed by atoms with van der Waals surface area (Å²) in [6.07, 6.45) is 0. The van der Waals surface area contributed by atoms with Gasteiger partial charge in [0.15, 0.2) is 0 Å². The van der Waals surface area contributed by atoms with Crippen molar-refractivity contribution in [1.82, 2.24) is 0 Å². The lowest BCUT2D eigenvalue weighted by molar-refractivity contribution is 0.321. The minimum Gasteiger partial charge on any atom is -0.444 e. The van der Waals surface area contributed by atoms with Crippen LogP contribution in [0.2, 0.25) is 0 Å². The van der Waals surface area contributed by atoms with Gasteiger partial charge in [-0.15, -0.1) is 0 Å². The summed E-state index contributed by atoms with van der Waals surface area (Å²) in [4.78, 5) is 0. The smallest absolute Gasteiger partial charge is 0.302 e. The van der Waals surface area contributed by atoms with E-state index in [2.05, 4.69) is 0 Å². The lowest BCUT2D eigenvalue weighted by atomic mass is 10.7. The third kappa shape index (κ3) is 2.17. The van der Waals surface area contributed by atoms with E-state index in [9.17, 15) is 0 Å². The third-order valence-electron chi connectivity index (χ3n) is 0.758. The zero-order chi connectivity index (χ0) is 6.69. The van der Waals surface area contributed by atoms with E-state index in [1.54, 1.807) is 11.4 Å². The van der Waals surface area contributed by atoms with Gasteiger partial charge < -0.3 is 9.05 Å². The van der Waals surface area contributed by atoms with Crippen molar-refractivity contribution in [3.63, 3.8) is 0 Å². The monoisotopic (exact) mass is 164 g/mol. The van der Waals surface area contributed by atoms with Crippen LogP contribution in [-0.4, -0.2) is 6.61 Å². The second kappa shape index (κ2) is 3.45. The summed E-state index contributed by atoms with van der Waals surface area (Å²) in [5.41, 5.74) is 0. The fourth-order valence-electron chi connectivity index (χ4n) is 0.440. The number of rotatable bonds is 2. The molecule has 0 saturated heterocycles. The molecule has 1 atom stereocenters. The predicted molar refractivity (Wildman–Crippen MR) is 41.0 cm³/mol. The predicted octanol–water partition coefficient (Wildman–Crippen LogP) is 2.87. The van der Waals surface area contributed by atoms with Crippen molar-refractivity contribution in [3.05, 3.63) is 11.2 Å². The van der Waals surface area contributed by atoms with E-state index in [4.69, 9.17) is 9.05 Å². The van der Waals surface area contributed by atoms with E-state index < -0.39 is 7.58 Å². The number of hydrogen-bond donors (Lipinski definition) is 0. The fraction of sp³-hybridized carbons (Fsp3) is 0.600. The van der Waals surface area contributed by atoms with Gasteiger partial charge in [-0.25, -0.2) is 0 Å². The zero-order valence-electron chi connectivity index (χ0n) is 5.46. The summed E-state index contributed by atoms with van der Waals surface area (Å²) >= 11 is 1.63. The van der Waals surface area contributed by atoms with Crippen LogP contribution in [0.5, 0.6) is 0 Å². The molecular formula is C5H9O2PS. The van der Waals surface area contributed by atoms with Gasteiger partial charge in [0.1, 0.15) is 5.76 Å². The van der Waals surface area contributed by atoms with E-state index in [1.807, 2.05) is 19.3 Å². The van der Waals surface area contributed by atoms with Crippen molar-refractivity contribution in [3.8, 4) is 0 Å². The Hall–Kier alpha value is 0.280. The molecule has 4 heteroatoms. The van der Waals surface area contributed by atoms with Crippen LogP contribution in [0.15, 0.2) is 11.2 Å². The molecule has 1 rings (SSSR count). The molecule has 0 amide bonds. The molecule has 1 unspecified atom stereocenters. The van der Waals surface area contributed by atoms with Crippen molar-refractivity contribution >= 4 is 19.0 Å². The lowest BCUT2D eigenvalue weighted by Crippen LogP contribution is -1.79. The van der Waals surface area contributed by atoms with Crippen LogP contribution in [0.3, 0.4) is 0 Å². The molecule has 9 heavy (non-hydrogen) atoms. The highest BCUT2D eigenvalue weighted by Gasteiger charge is 2.17. The van der Waals surface area contributed by atoms with E-state index in [-0.39, 0.29) is 0 Å². The lowest BCUT2D eigenvalue weighted by Gasteiger charge is -2.06. The van der Waals surface area contributed by atoms with Crippen LogP contribution in [0.4, 0.5) is 0 Å². The molecule has 0 spiro atoms. The van der Waals surface area contributed by atoms with Crippen molar-refractivity contribution < 1.29 is 9.05 Å². The quantitative estimate of drug-likeness (QED) is 0.584. The van der Waals surface area contributed by atoms with Crippen LogP contribution < -0.4 is 0 Å². The fourth-order valence-corrected chi connectivity index (χ4v) is 3.13. The molecule has 0 aromatic carbocycles. The molecule has 1 aliphatic heterocycles. The molecule has 0 fully saturated rings. The maximum absolute atomic E-state index is 5.27. The molecule has 2 nitrogen and oxygen atoms in total. The molecular weight excluding hydrogens is 155 g/mol.